The van der Waals surface area contributed by atoms with Gasteiger partial charge in [-0.05, 0) is 19.8 Å². The minimum absolute atomic E-state index is 0.00356. The van der Waals surface area contributed by atoms with Gasteiger partial charge in [-0.15, -0.1) is 0 Å². The van der Waals surface area contributed by atoms with Gasteiger partial charge in [-0.25, -0.2) is 10.0 Å². The van der Waals surface area contributed by atoms with E-state index in [-0.39, 0.29) is 34.7 Å². The predicted molar refractivity (Wildman–Crippen MR) is 72.0 cm³/mol. The Labute approximate surface area is 117 Å². The molecule has 6 aliphatic rings. The molecule has 2 amide bonds. The lowest BCUT2D eigenvalue weighted by atomic mass is 9.42. The molecule has 20 heavy (non-hydrogen) atoms. The highest BCUT2D eigenvalue weighted by Gasteiger charge is 2.72. The summed E-state index contributed by atoms with van der Waals surface area (Å²) in [5.41, 5.74) is 0.0231. The topological polar surface area (TPSA) is 40.6 Å². The maximum Gasteiger partial charge on any atom is 0.254 e. The van der Waals surface area contributed by atoms with Gasteiger partial charge in [-0.2, -0.15) is 0 Å². The average Bonchev–Trinajstić information content (AvgIpc) is 2.67. The van der Waals surface area contributed by atoms with Crippen molar-refractivity contribution < 1.29 is 9.59 Å². The molecule has 0 radical (unpaired) electrons. The summed E-state index contributed by atoms with van der Waals surface area (Å²) in [4.78, 5) is 24.9. The van der Waals surface area contributed by atoms with Crippen molar-refractivity contribution in [2.24, 2.45) is 16.7 Å². The van der Waals surface area contributed by atoms with Crippen LogP contribution in [0.1, 0.15) is 19.8 Å². The summed E-state index contributed by atoms with van der Waals surface area (Å²) in [7, 11) is 0. The zero-order valence-corrected chi connectivity index (χ0v) is 11.3. The highest BCUT2D eigenvalue weighted by Crippen LogP contribution is 2.68. The number of nitrogens with zero attached hydrogens (tertiary/aromatic N) is 2. The van der Waals surface area contributed by atoms with Gasteiger partial charge in [-0.1, -0.05) is 36.5 Å². The number of allylic oxidation sites excluding steroid dienone is 2. The van der Waals surface area contributed by atoms with Crippen LogP contribution in [0.3, 0.4) is 0 Å². The van der Waals surface area contributed by atoms with Crippen molar-refractivity contribution in [1.29, 1.82) is 0 Å². The van der Waals surface area contributed by atoms with Gasteiger partial charge in [0.05, 0.1) is 12.1 Å². The Morgan fingerprint density at radius 1 is 0.950 bits per heavy atom. The van der Waals surface area contributed by atoms with Gasteiger partial charge >= 0.3 is 0 Å². The molecule has 0 aromatic rings. The van der Waals surface area contributed by atoms with Crippen LogP contribution in [0.25, 0.3) is 0 Å². The molecule has 2 saturated heterocycles. The fourth-order valence-electron chi connectivity index (χ4n) is 4.98. The van der Waals surface area contributed by atoms with Gasteiger partial charge < -0.3 is 0 Å². The van der Waals surface area contributed by atoms with Crippen LogP contribution >= 0.6 is 0 Å². The Morgan fingerprint density at radius 2 is 1.40 bits per heavy atom. The predicted octanol–water partition coefficient (Wildman–Crippen LogP) is 1.42. The summed E-state index contributed by atoms with van der Waals surface area (Å²) >= 11 is 0. The molecule has 3 aliphatic heterocycles. The fraction of sp³-hybridized carbons (Fsp3) is 0.500. The van der Waals surface area contributed by atoms with E-state index in [1.165, 1.54) is 0 Å². The molecule has 5 atom stereocenters. The maximum atomic E-state index is 12.5. The molecule has 2 bridgehead atoms. The van der Waals surface area contributed by atoms with Gasteiger partial charge in [0.2, 0.25) is 0 Å². The van der Waals surface area contributed by atoms with Gasteiger partial charge in [0.25, 0.3) is 11.8 Å². The lowest BCUT2D eigenvalue weighted by Crippen LogP contribution is -2.76. The van der Waals surface area contributed by atoms with E-state index in [1.807, 2.05) is 0 Å². The first-order chi connectivity index (χ1) is 9.62. The van der Waals surface area contributed by atoms with E-state index in [2.05, 4.69) is 36.5 Å². The Kier molecular flexibility index (Phi) is 1.59. The molecule has 0 saturated carbocycles. The fourth-order valence-corrected chi connectivity index (χ4v) is 4.98. The molecule has 4 nitrogen and oxygen atoms in total. The summed E-state index contributed by atoms with van der Waals surface area (Å²) in [5, 5.41) is 3.50. The zero-order chi connectivity index (χ0) is 13.7. The van der Waals surface area contributed by atoms with Gasteiger partial charge in [0.1, 0.15) is 5.92 Å². The van der Waals surface area contributed by atoms with Crippen LogP contribution in [0.4, 0.5) is 0 Å². The van der Waals surface area contributed by atoms with E-state index in [0.717, 1.165) is 12.8 Å². The van der Waals surface area contributed by atoms with Gasteiger partial charge in [-0.3, -0.25) is 9.59 Å². The number of amides is 2. The van der Waals surface area contributed by atoms with Crippen molar-refractivity contribution in [2.45, 2.75) is 31.8 Å². The molecule has 0 aromatic carbocycles. The number of rotatable bonds is 0. The van der Waals surface area contributed by atoms with E-state index >= 15 is 0 Å². The number of carbonyl (C=O) groups is 2. The van der Waals surface area contributed by atoms with Crippen molar-refractivity contribution in [3.8, 4) is 0 Å². The molecule has 102 valence electrons. The molecule has 3 aliphatic carbocycles. The summed E-state index contributed by atoms with van der Waals surface area (Å²) in [5.74, 6) is -0.598. The van der Waals surface area contributed by atoms with Crippen molar-refractivity contribution in [3.05, 3.63) is 36.5 Å². The molecule has 0 aromatic heterocycles. The first-order valence-corrected chi connectivity index (χ1v) is 7.32. The maximum absolute atomic E-state index is 12.5. The lowest BCUT2D eigenvalue weighted by molar-refractivity contribution is -0.203. The molecule has 4 heteroatoms. The van der Waals surface area contributed by atoms with E-state index in [4.69, 9.17) is 0 Å². The summed E-state index contributed by atoms with van der Waals surface area (Å²) < 4.78 is 0. The minimum atomic E-state index is -0.528. The number of carbonyl (C=O) groups excluding carboxylic acids is 2. The summed E-state index contributed by atoms with van der Waals surface area (Å²) in [6, 6.07) is 0.00713. The molecule has 2 fully saturated rings. The van der Waals surface area contributed by atoms with Gasteiger partial charge in [0, 0.05) is 10.8 Å². The van der Waals surface area contributed by atoms with E-state index in [1.54, 1.807) is 16.9 Å². The first-order valence-electron chi connectivity index (χ1n) is 7.32. The summed E-state index contributed by atoms with van der Waals surface area (Å²) in [6.45, 7) is 1.73. The largest absolute Gasteiger partial charge is 0.272 e. The van der Waals surface area contributed by atoms with E-state index in [9.17, 15) is 9.59 Å². The van der Waals surface area contributed by atoms with Crippen molar-refractivity contribution >= 4 is 11.8 Å². The Balaban J connectivity index is 1.75. The van der Waals surface area contributed by atoms with Crippen molar-refractivity contribution in [1.82, 2.24) is 10.0 Å². The zero-order valence-electron chi connectivity index (χ0n) is 11.3. The second-order valence-electron chi connectivity index (χ2n) is 6.66. The van der Waals surface area contributed by atoms with Crippen molar-refractivity contribution in [3.63, 3.8) is 0 Å². The lowest BCUT2D eigenvalue weighted by Gasteiger charge is -2.70. The van der Waals surface area contributed by atoms with Crippen LogP contribution in [-0.4, -0.2) is 33.9 Å². The van der Waals surface area contributed by atoms with Crippen molar-refractivity contribution in [2.75, 3.05) is 0 Å². The molecular weight excluding hydrogens is 252 g/mol. The van der Waals surface area contributed by atoms with E-state index in [0.29, 0.717) is 0 Å². The van der Waals surface area contributed by atoms with Crippen LogP contribution in [0.2, 0.25) is 0 Å². The van der Waals surface area contributed by atoms with E-state index < -0.39 is 5.92 Å². The molecule has 1 unspecified atom stereocenters. The molecular formula is C16H16N2O2. The highest BCUT2D eigenvalue weighted by molar-refractivity contribution is 6.06. The van der Waals surface area contributed by atoms with Gasteiger partial charge in [0.15, 0.2) is 0 Å². The second-order valence-corrected chi connectivity index (χ2v) is 6.66. The number of hydrogen-bond acceptors (Lipinski definition) is 2. The number of hydrogen-bond donors (Lipinski definition) is 0. The number of hydrazine groups is 1. The van der Waals surface area contributed by atoms with Crippen LogP contribution < -0.4 is 0 Å². The molecule has 6 rings (SSSR count). The third kappa shape index (κ3) is 0.799. The first kappa shape index (κ1) is 10.9. The third-order valence-corrected chi connectivity index (χ3v) is 6.11. The standard InChI is InChI=1S/C16H16N2O2/c1-10-13(19)17-11-4-5-12(18(17)14(10)20)16-7-3-2-6-15(11,16)8-9-16/h2-5,8-12H,6-7H2,1H3/t10?,11-,12-,15-,16+/m1/s1. The third-order valence-electron chi connectivity index (χ3n) is 6.11. The summed E-state index contributed by atoms with van der Waals surface area (Å²) in [6.07, 6.45) is 15.2. The molecule has 3 heterocycles. The minimum Gasteiger partial charge on any atom is -0.272 e. The Bertz CT molecular complexity index is 597. The molecule has 0 spiro atoms. The monoisotopic (exact) mass is 268 g/mol. The highest BCUT2D eigenvalue weighted by atomic mass is 16.2. The van der Waals surface area contributed by atoms with Crippen LogP contribution in [-0.2, 0) is 9.59 Å². The molecule has 0 N–H and O–H groups in total. The Morgan fingerprint density at radius 3 is 1.80 bits per heavy atom. The smallest absolute Gasteiger partial charge is 0.254 e. The van der Waals surface area contributed by atoms with Crippen LogP contribution in [0, 0.1) is 16.7 Å². The SMILES string of the molecule is CC1C(=O)N2[C@@H]3C=C[C@@H](N2C1=O)[C@]12C=C[C@]31CC=CC2. The average molecular weight is 268 g/mol. The normalized spacial score (nSPS) is 50.1. The Hall–Kier alpha value is -1.84. The van der Waals surface area contributed by atoms with Crippen LogP contribution in [0.5, 0.6) is 0 Å². The quantitative estimate of drug-likeness (QED) is 0.492. The second kappa shape index (κ2) is 2.92. The van der Waals surface area contributed by atoms with Crippen LogP contribution in [0.15, 0.2) is 36.5 Å².